The van der Waals surface area contributed by atoms with Crippen molar-refractivity contribution in [3.63, 3.8) is 0 Å². The van der Waals surface area contributed by atoms with E-state index in [4.69, 9.17) is 5.73 Å². The van der Waals surface area contributed by atoms with Gasteiger partial charge in [0, 0.05) is 21.9 Å². The molecule has 2 heterocycles. The Morgan fingerprint density at radius 1 is 1.17 bits per heavy atom. The second-order valence-corrected chi connectivity index (χ2v) is 7.61. The number of rotatable bonds is 5. The van der Waals surface area contributed by atoms with E-state index >= 15 is 0 Å². The molecule has 0 bridgehead atoms. The van der Waals surface area contributed by atoms with Crippen LogP contribution in [-0.2, 0) is 4.79 Å². The van der Waals surface area contributed by atoms with Crippen LogP contribution in [0.2, 0.25) is 0 Å². The Morgan fingerprint density at radius 3 is 2.72 bits per heavy atom. The molecule has 0 spiro atoms. The first kappa shape index (κ1) is 18.6. The summed E-state index contributed by atoms with van der Waals surface area (Å²) < 4.78 is 0. The van der Waals surface area contributed by atoms with Crippen LogP contribution in [0.25, 0.3) is 10.4 Å². The molecule has 9 heteroatoms. The average molecular weight is 408 g/mol. The standard InChI is InChI=1S/C20H16N4O4S/c21-18(25)11-23-15-7-2-1-6-14(15)20(26)22-19(23)17-9-8-16(29-17)12-4-3-5-13(10-12)24(27)28/h1-10,19H,11H2,(H2,21,25)(H,22,26). The molecule has 1 unspecified atom stereocenters. The summed E-state index contributed by atoms with van der Waals surface area (Å²) in [5.74, 6) is -0.756. The van der Waals surface area contributed by atoms with Gasteiger partial charge in [-0.05, 0) is 29.8 Å². The number of anilines is 1. The molecular formula is C20H16N4O4S. The van der Waals surface area contributed by atoms with E-state index in [0.717, 1.165) is 9.75 Å². The Labute approximate surface area is 169 Å². The maximum absolute atomic E-state index is 12.6. The summed E-state index contributed by atoms with van der Waals surface area (Å²) in [6, 6.07) is 17.1. The van der Waals surface area contributed by atoms with Gasteiger partial charge in [-0.15, -0.1) is 11.3 Å². The molecule has 146 valence electrons. The highest BCUT2D eigenvalue weighted by atomic mass is 32.1. The van der Waals surface area contributed by atoms with Gasteiger partial charge in [-0.25, -0.2) is 0 Å². The largest absolute Gasteiger partial charge is 0.368 e. The fraction of sp³-hybridized carbons (Fsp3) is 0.100. The number of benzene rings is 2. The topological polar surface area (TPSA) is 119 Å². The van der Waals surface area contributed by atoms with Gasteiger partial charge in [-0.3, -0.25) is 19.7 Å². The van der Waals surface area contributed by atoms with Crippen molar-refractivity contribution in [1.82, 2.24) is 5.32 Å². The zero-order valence-corrected chi connectivity index (χ0v) is 15.9. The highest BCUT2D eigenvalue weighted by molar-refractivity contribution is 7.15. The molecule has 0 saturated carbocycles. The number of nitro benzene ring substituents is 1. The maximum Gasteiger partial charge on any atom is 0.270 e. The lowest BCUT2D eigenvalue weighted by Gasteiger charge is -2.37. The van der Waals surface area contributed by atoms with E-state index in [2.05, 4.69) is 5.32 Å². The Morgan fingerprint density at radius 2 is 1.97 bits per heavy atom. The van der Waals surface area contributed by atoms with Gasteiger partial charge in [0.05, 0.1) is 22.7 Å². The van der Waals surface area contributed by atoms with Crippen LogP contribution in [0.3, 0.4) is 0 Å². The number of amides is 2. The normalized spacial score (nSPS) is 15.5. The quantitative estimate of drug-likeness (QED) is 0.497. The van der Waals surface area contributed by atoms with Gasteiger partial charge in [-0.2, -0.15) is 0 Å². The second-order valence-electron chi connectivity index (χ2n) is 6.50. The number of fused-ring (bicyclic) bond motifs is 1. The molecule has 0 saturated heterocycles. The Kier molecular flexibility index (Phi) is 4.73. The molecule has 3 aromatic rings. The van der Waals surface area contributed by atoms with Crippen molar-refractivity contribution in [3.8, 4) is 10.4 Å². The molecule has 3 N–H and O–H groups in total. The van der Waals surface area contributed by atoms with Crippen LogP contribution in [0.15, 0.2) is 60.7 Å². The predicted molar refractivity (Wildman–Crippen MR) is 110 cm³/mol. The van der Waals surface area contributed by atoms with E-state index in [-0.39, 0.29) is 18.1 Å². The summed E-state index contributed by atoms with van der Waals surface area (Å²) in [4.78, 5) is 38.2. The first-order valence-corrected chi connectivity index (χ1v) is 9.55. The van der Waals surface area contributed by atoms with Crippen LogP contribution in [0.4, 0.5) is 11.4 Å². The molecule has 0 fully saturated rings. The SMILES string of the molecule is NC(=O)CN1c2ccccc2C(=O)NC1c1ccc(-c2cccc([N+](=O)[O-])c2)s1. The fourth-order valence-electron chi connectivity index (χ4n) is 3.33. The first-order chi connectivity index (χ1) is 13.9. The van der Waals surface area contributed by atoms with Gasteiger partial charge in [0.2, 0.25) is 5.91 Å². The number of primary amides is 1. The summed E-state index contributed by atoms with van der Waals surface area (Å²) >= 11 is 1.39. The maximum atomic E-state index is 12.6. The molecule has 4 rings (SSSR count). The lowest BCUT2D eigenvalue weighted by Crippen LogP contribution is -2.49. The van der Waals surface area contributed by atoms with E-state index in [9.17, 15) is 19.7 Å². The molecule has 1 aromatic heterocycles. The van der Waals surface area contributed by atoms with Gasteiger partial charge in [0.25, 0.3) is 11.6 Å². The minimum atomic E-state index is -0.567. The molecule has 1 atom stereocenters. The number of nitrogens with two attached hydrogens (primary N) is 1. The molecule has 8 nitrogen and oxygen atoms in total. The molecule has 1 aliphatic rings. The second kappa shape index (κ2) is 7.36. The van der Waals surface area contributed by atoms with Crippen LogP contribution >= 0.6 is 11.3 Å². The van der Waals surface area contributed by atoms with E-state index in [1.165, 1.54) is 23.5 Å². The van der Waals surface area contributed by atoms with Crippen molar-refractivity contribution in [2.75, 3.05) is 11.4 Å². The fourth-order valence-corrected chi connectivity index (χ4v) is 4.40. The van der Waals surface area contributed by atoms with Gasteiger partial charge >= 0.3 is 0 Å². The van der Waals surface area contributed by atoms with Crippen molar-refractivity contribution in [2.45, 2.75) is 6.17 Å². The third-order valence-corrected chi connectivity index (χ3v) is 5.79. The van der Waals surface area contributed by atoms with Crippen molar-refractivity contribution in [2.24, 2.45) is 5.73 Å². The lowest BCUT2D eigenvalue weighted by atomic mass is 10.1. The third kappa shape index (κ3) is 3.55. The summed E-state index contributed by atoms with van der Waals surface area (Å²) in [5, 5.41) is 14.0. The number of nitro groups is 1. The number of para-hydroxylation sites is 1. The Bertz CT molecular complexity index is 1130. The number of non-ortho nitro benzene ring substituents is 1. The average Bonchev–Trinajstić information content (AvgIpc) is 3.20. The van der Waals surface area contributed by atoms with Crippen LogP contribution in [0, 0.1) is 10.1 Å². The van der Waals surface area contributed by atoms with E-state index < -0.39 is 17.0 Å². The summed E-state index contributed by atoms with van der Waals surface area (Å²) in [7, 11) is 0. The van der Waals surface area contributed by atoms with Crippen molar-refractivity contribution in [3.05, 3.63) is 81.2 Å². The number of nitrogens with one attached hydrogen (secondary N) is 1. The molecule has 2 amide bonds. The first-order valence-electron chi connectivity index (χ1n) is 8.73. The molecule has 0 radical (unpaired) electrons. The van der Waals surface area contributed by atoms with Crippen molar-refractivity contribution in [1.29, 1.82) is 0 Å². The number of carbonyl (C=O) groups excluding carboxylic acids is 2. The molecule has 0 aliphatic carbocycles. The van der Waals surface area contributed by atoms with Gasteiger partial charge < -0.3 is 16.0 Å². The van der Waals surface area contributed by atoms with Gasteiger partial charge in [-0.1, -0.05) is 24.3 Å². The molecule has 1 aliphatic heterocycles. The van der Waals surface area contributed by atoms with Crippen LogP contribution < -0.4 is 16.0 Å². The van der Waals surface area contributed by atoms with Crippen molar-refractivity contribution >= 4 is 34.5 Å². The number of nitrogens with zero attached hydrogens (tertiary/aromatic N) is 2. The van der Waals surface area contributed by atoms with Gasteiger partial charge in [0.15, 0.2) is 0 Å². The van der Waals surface area contributed by atoms with E-state index in [1.54, 1.807) is 41.3 Å². The van der Waals surface area contributed by atoms with Crippen LogP contribution in [0.5, 0.6) is 0 Å². The molecular weight excluding hydrogens is 392 g/mol. The monoisotopic (exact) mass is 408 g/mol. The third-order valence-electron chi connectivity index (χ3n) is 4.60. The lowest BCUT2D eigenvalue weighted by molar-refractivity contribution is -0.384. The van der Waals surface area contributed by atoms with Gasteiger partial charge in [0.1, 0.15) is 6.17 Å². The van der Waals surface area contributed by atoms with Crippen LogP contribution in [0.1, 0.15) is 21.4 Å². The zero-order valence-electron chi connectivity index (χ0n) is 15.1. The number of thiophene rings is 1. The van der Waals surface area contributed by atoms with E-state index in [1.807, 2.05) is 12.1 Å². The summed E-state index contributed by atoms with van der Waals surface area (Å²) in [5.41, 5.74) is 7.26. The Hall–Kier alpha value is -3.72. The smallest absolute Gasteiger partial charge is 0.270 e. The minimum Gasteiger partial charge on any atom is -0.368 e. The van der Waals surface area contributed by atoms with E-state index in [0.29, 0.717) is 16.8 Å². The zero-order chi connectivity index (χ0) is 20.5. The highest BCUT2D eigenvalue weighted by Gasteiger charge is 2.33. The minimum absolute atomic E-state index is 0.00713. The predicted octanol–water partition coefficient (Wildman–Crippen LogP) is 3.06. The van der Waals surface area contributed by atoms with Crippen molar-refractivity contribution < 1.29 is 14.5 Å². The Balaban J connectivity index is 1.72. The summed E-state index contributed by atoms with van der Waals surface area (Å²) in [6.07, 6.45) is -0.567. The molecule has 29 heavy (non-hydrogen) atoms. The summed E-state index contributed by atoms with van der Waals surface area (Å²) in [6.45, 7) is -0.0635. The molecule has 2 aromatic carbocycles. The number of hydrogen-bond donors (Lipinski definition) is 2. The highest BCUT2D eigenvalue weighted by Crippen LogP contribution is 2.38. The number of hydrogen-bond acceptors (Lipinski definition) is 6. The number of carbonyl (C=O) groups is 2. The van der Waals surface area contributed by atoms with Crippen LogP contribution in [-0.4, -0.2) is 23.3 Å².